The minimum atomic E-state index is -1.67. The summed E-state index contributed by atoms with van der Waals surface area (Å²) in [5, 5.41) is 17.8. The van der Waals surface area contributed by atoms with Crippen LogP contribution < -0.4 is 0 Å². The highest BCUT2D eigenvalue weighted by Crippen LogP contribution is 2.20. The Balaban J connectivity index is 0. The summed E-state index contributed by atoms with van der Waals surface area (Å²) in [5.74, 6) is -2.78. The number of thiophene rings is 3. The van der Waals surface area contributed by atoms with Crippen LogP contribution in [0.1, 0.15) is 65.5 Å². The predicted molar refractivity (Wildman–Crippen MR) is 172 cm³/mol. The molecule has 0 fully saturated rings. The van der Waals surface area contributed by atoms with E-state index in [4.69, 9.17) is 47.3 Å². The van der Waals surface area contributed by atoms with Crippen LogP contribution in [0, 0.1) is 0 Å². The molecule has 0 radical (unpaired) electrons. The van der Waals surface area contributed by atoms with Gasteiger partial charge in [0.05, 0.1) is 33.7 Å². The topological polar surface area (TPSA) is 185 Å². The normalized spacial score (nSPS) is 9.48. The van der Waals surface area contributed by atoms with Crippen LogP contribution in [-0.2, 0) is 18.9 Å². The molecule has 244 valence electrons. The molecule has 13 nitrogen and oxygen atoms in total. The molecular weight excluding hydrogens is 750 g/mol. The molecule has 0 aromatic carbocycles. The van der Waals surface area contributed by atoms with E-state index in [1.807, 2.05) is 0 Å². The van der Waals surface area contributed by atoms with Crippen LogP contribution in [0.2, 0.25) is 0 Å². The average molecular weight is 775 g/mol. The average Bonchev–Trinajstić information content (AvgIpc) is 3.72. The Morgan fingerprint density at radius 3 is 1.07 bits per heavy atom. The van der Waals surface area contributed by atoms with Crippen molar-refractivity contribution in [3.63, 3.8) is 0 Å². The van der Waals surface area contributed by atoms with Crippen LogP contribution in [0.5, 0.6) is 0 Å². The fourth-order valence-corrected chi connectivity index (χ4v) is 4.81. The van der Waals surface area contributed by atoms with Crippen molar-refractivity contribution >= 4 is 122 Å². The molecule has 2 amide bonds. The maximum Gasteiger partial charge on any atom is 0.345 e. The Morgan fingerprint density at radius 2 is 0.864 bits per heavy atom. The van der Waals surface area contributed by atoms with Crippen molar-refractivity contribution in [2.45, 2.75) is 7.43 Å². The van der Waals surface area contributed by atoms with E-state index in [2.05, 4.69) is 21.4 Å². The van der Waals surface area contributed by atoms with Gasteiger partial charge < -0.3 is 10.2 Å². The van der Waals surface area contributed by atoms with Crippen molar-refractivity contribution < 1.29 is 52.9 Å². The molecule has 0 saturated heterocycles. The van der Waals surface area contributed by atoms with Crippen LogP contribution in [0.4, 0.5) is 0 Å². The number of hydroxylamine groups is 4. The number of carboxylic acids is 2. The fourth-order valence-electron chi connectivity index (χ4n) is 2.16. The Kier molecular flexibility index (Phi) is 22.0. The lowest BCUT2D eigenvalue weighted by atomic mass is 10.4. The number of nitrogens with zero attached hydrogens (tertiary/aromatic N) is 2. The highest BCUT2D eigenvalue weighted by Gasteiger charge is 2.19. The second-order valence-electron chi connectivity index (χ2n) is 6.80. The number of carboxylic acid groups (broad SMARTS) is 2. The molecule has 0 spiro atoms. The van der Waals surface area contributed by atoms with Crippen molar-refractivity contribution in [3.05, 3.63) is 65.7 Å². The Morgan fingerprint density at radius 1 is 0.636 bits per heavy atom. The van der Waals surface area contributed by atoms with E-state index in [0.29, 0.717) is 19.5 Å². The van der Waals surface area contributed by atoms with Crippen molar-refractivity contribution in [3.8, 4) is 0 Å². The molecular formula is C23H24Cl4N2O11S4. The Bertz CT molecular complexity index is 1300. The summed E-state index contributed by atoms with van der Waals surface area (Å²) in [7, 11) is 13.2. The number of halogens is 4. The third-order valence-electron chi connectivity index (χ3n) is 4.17. The van der Waals surface area contributed by atoms with Crippen molar-refractivity contribution in [2.75, 3.05) is 28.3 Å². The smallest absolute Gasteiger partial charge is 0.345 e. The van der Waals surface area contributed by atoms with Crippen molar-refractivity contribution in [1.29, 1.82) is 0 Å². The second kappa shape index (κ2) is 22.1. The van der Waals surface area contributed by atoms with Gasteiger partial charge >= 0.3 is 11.9 Å². The molecule has 44 heavy (non-hydrogen) atoms. The zero-order valence-corrected chi connectivity index (χ0v) is 28.4. The Labute approximate surface area is 284 Å². The third kappa shape index (κ3) is 16.0. The zero-order valence-electron chi connectivity index (χ0n) is 22.1. The summed E-state index contributed by atoms with van der Waals surface area (Å²) in [5.41, 5.74) is 0. The predicted octanol–water partition coefficient (Wildman–Crippen LogP) is 6.34. The van der Waals surface area contributed by atoms with E-state index in [9.17, 15) is 28.8 Å². The second-order valence-corrected chi connectivity index (χ2v) is 13.3. The lowest BCUT2D eigenvalue weighted by molar-refractivity contribution is -0.0754. The van der Waals surface area contributed by atoms with Crippen LogP contribution in [0.25, 0.3) is 0 Å². The van der Waals surface area contributed by atoms with E-state index < -0.39 is 31.7 Å². The molecule has 3 heterocycles. The van der Waals surface area contributed by atoms with E-state index in [0.717, 1.165) is 44.1 Å². The Hall–Kier alpha value is -2.45. The first-order valence-corrected chi connectivity index (χ1v) is 16.5. The highest BCUT2D eigenvalue weighted by molar-refractivity contribution is 8.26. The van der Waals surface area contributed by atoms with E-state index in [1.165, 1.54) is 52.6 Å². The molecule has 3 aromatic rings. The van der Waals surface area contributed by atoms with Crippen LogP contribution >= 0.6 is 78.6 Å². The molecule has 0 atom stereocenters. The first kappa shape index (κ1) is 43.7. The quantitative estimate of drug-likeness (QED) is 0.192. The van der Waals surface area contributed by atoms with E-state index >= 15 is 0 Å². The van der Waals surface area contributed by atoms with Gasteiger partial charge in [-0.3, -0.25) is 28.9 Å². The van der Waals surface area contributed by atoms with Gasteiger partial charge in [-0.05, 0) is 59.6 Å². The molecule has 0 aliphatic rings. The summed E-state index contributed by atoms with van der Waals surface area (Å²) in [6, 6.07) is 8.65. The fraction of sp³-hybridized carbons (Fsp3) is 0.217. The molecule has 0 unspecified atom stereocenters. The molecule has 2 N–H and O–H groups in total. The van der Waals surface area contributed by atoms with Gasteiger partial charge in [0.1, 0.15) is 9.75 Å². The largest absolute Gasteiger partial charge is 0.477 e. The summed E-state index contributed by atoms with van der Waals surface area (Å²) in [6.45, 7) is 0. The molecule has 21 heteroatoms. The van der Waals surface area contributed by atoms with Crippen LogP contribution in [-0.4, -0.2) is 87.1 Å². The van der Waals surface area contributed by atoms with Crippen LogP contribution in [0.15, 0.2) is 36.4 Å². The summed E-state index contributed by atoms with van der Waals surface area (Å²) in [4.78, 5) is 76.1. The van der Waals surface area contributed by atoms with Gasteiger partial charge in [0.15, 0.2) is 0 Å². The van der Waals surface area contributed by atoms with Crippen molar-refractivity contribution in [1.82, 2.24) is 10.1 Å². The van der Waals surface area contributed by atoms with Gasteiger partial charge in [0.2, 0.25) is 9.23 Å². The minimum absolute atomic E-state index is 0. The van der Waals surface area contributed by atoms with E-state index in [-0.39, 0.29) is 29.0 Å². The van der Waals surface area contributed by atoms with Crippen molar-refractivity contribution in [2.24, 2.45) is 0 Å². The zero-order chi connectivity index (χ0) is 33.4. The summed E-state index contributed by atoms with van der Waals surface area (Å²) in [6.07, 6.45) is 0. The molecule has 0 aliphatic heterocycles. The standard InChI is InChI=1S/C10H14N2O4S.C6H2Cl2O2S.C6H4O4S.CH4.Cl2OS/c1-11(15-3)9(13)7-5-6-8(17-7)10(14)12(2)16-4;7-5(9)3-1-2-4(11-3)6(8)10;7-5(8)3-1-2-4(11-3)6(9)10;;1-4(2)3/h5-6H,1-4H3;1-2H;1-2H,(H,7,8)(H,9,10);1H4;. The molecule has 0 bridgehead atoms. The number of aromatic carboxylic acids is 2. The molecule has 0 saturated carbocycles. The summed E-state index contributed by atoms with van der Waals surface area (Å²) >= 11 is 13.1. The number of hydrogen-bond acceptors (Lipinski definition) is 12. The monoisotopic (exact) mass is 772 g/mol. The lowest BCUT2D eigenvalue weighted by Crippen LogP contribution is -2.25. The first-order chi connectivity index (χ1) is 20.0. The van der Waals surface area contributed by atoms with E-state index in [1.54, 1.807) is 12.1 Å². The maximum absolute atomic E-state index is 11.7. The highest BCUT2D eigenvalue weighted by atomic mass is 36.0. The summed E-state index contributed by atoms with van der Waals surface area (Å²) < 4.78 is 9.09. The minimum Gasteiger partial charge on any atom is -0.477 e. The molecule has 3 aromatic heterocycles. The number of rotatable bonds is 8. The van der Waals surface area contributed by atoms with Gasteiger partial charge in [-0.15, -0.1) is 34.0 Å². The van der Waals surface area contributed by atoms with Gasteiger partial charge in [0.25, 0.3) is 22.3 Å². The third-order valence-corrected chi connectivity index (χ3v) is 8.00. The van der Waals surface area contributed by atoms with Gasteiger partial charge in [-0.1, -0.05) is 7.43 Å². The van der Waals surface area contributed by atoms with Gasteiger partial charge in [0, 0.05) is 35.5 Å². The van der Waals surface area contributed by atoms with Gasteiger partial charge in [-0.25, -0.2) is 23.9 Å². The molecule has 0 aliphatic carbocycles. The number of hydrogen-bond donors (Lipinski definition) is 2. The molecule has 3 rings (SSSR count). The lowest BCUT2D eigenvalue weighted by Gasteiger charge is -2.12. The number of amides is 2. The first-order valence-electron chi connectivity index (χ1n) is 10.5. The van der Waals surface area contributed by atoms with Crippen LogP contribution in [0.3, 0.4) is 0 Å². The number of carbonyl (C=O) groups excluding carboxylic acids is 4. The maximum atomic E-state index is 11.7. The van der Waals surface area contributed by atoms with Gasteiger partial charge in [-0.2, -0.15) is 0 Å². The SMILES string of the molecule is C.CON(C)C(=O)c1ccc(C(=O)N(C)OC)s1.O=C(Cl)c1ccc(C(=O)Cl)s1.O=C(O)c1ccc(C(=O)O)s1.O=S(Cl)Cl. The number of carbonyl (C=O) groups is 6.